The molecule has 0 aromatic heterocycles. The van der Waals surface area contributed by atoms with Gasteiger partial charge in [-0.3, -0.25) is 0 Å². The first-order valence-electron chi connectivity index (χ1n) is 28.8. The van der Waals surface area contributed by atoms with Crippen LogP contribution in [0.4, 0.5) is 0 Å². The molecule has 0 atom stereocenters. The van der Waals surface area contributed by atoms with Crippen molar-refractivity contribution >= 4 is 114 Å². The fourth-order valence-corrected chi connectivity index (χ4v) is 21.0. The van der Waals surface area contributed by atoms with Crippen LogP contribution < -0.4 is 51.2 Å². The molecule has 80 heavy (non-hydrogen) atoms. The number of hydrogen-bond acceptors (Lipinski definition) is 10. The van der Waals surface area contributed by atoms with Crippen LogP contribution >= 0.6 is 23.8 Å². The first kappa shape index (κ1) is 72.8. The van der Waals surface area contributed by atoms with E-state index < -0.39 is 23.8 Å². The number of ether oxygens (including phenoxy) is 10. The van der Waals surface area contributed by atoms with Crippen molar-refractivity contribution in [3.05, 3.63) is 121 Å². The van der Waals surface area contributed by atoms with Crippen molar-refractivity contribution in [2.24, 2.45) is 0 Å². The Hall–Kier alpha value is -1.43. The van der Waals surface area contributed by atoms with E-state index in [2.05, 4.69) is 156 Å². The van der Waals surface area contributed by atoms with Crippen LogP contribution in [0.2, 0.25) is 0 Å². The minimum atomic E-state index is -0.758. The number of fused-ring (bicyclic) bond motifs is 2. The van der Waals surface area contributed by atoms with Gasteiger partial charge < -0.3 is 47.4 Å². The molecule has 2 radical (unpaired) electrons. The van der Waals surface area contributed by atoms with Crippen molar-refractivity contribution in [1.82, 2.24) is 0 Å². The van der Waals surface area contributed by atoms with Crippen LogP contribution in [0, 0.1) is 0 Å². The van der Waals surface area contributed by atoms with Gasteiger partial charge in [-0.1, -0.05) is 78.9 Å². The molecule has 5 aromatic carbocycles. The van der Waals surface area contributed by atoms with E-state index in [-0.39, 0.29) is 75.2 Å². The predicted octanol–water partition coefficient (Wildman–Crippen LogP) is 9.80. The molecule has 0 amide bonds. The molecule has 0 saturated carbocycles. The molecular weight excluding hydrogens is 1140 g/mol. The van der Waals surface area contributed by atoms with E-state index in [9.17, 15) is 0 Å². The molecule has 7 rings (SSSR count). The summed E-state index contributed by atoms with van der Waals surface area (Å²) in [7, 11) is -2.27. The van der Waals surface area contributed by atoms with Crippen LogP contribution in [0.3, 0.4) is 0 Å². The van der Waals surface area contributed by atoms with Gasteiger partial charge in [0.2, 0.25) is 0 Å². The molecule has 0 aliphatic carbocycles. The average Bonchev–Trinajstić information content (AvgIpc) is 3.61. The topological polar surface area (TPSA) is 92.3 Å². The Labute approximate surface area is 540 Å². The molecule has 0 bridgehead atoms. The van der Waals surface area contributed by atoms with Gasteiger partial charge in [-0.05, 0) is 142 Å². The van der Waals surface area contributed by atoms with Gasteiger partial charge in [0.15, 0.2) is 23.0 Å². The van der Waals surface area contributed by atoms with Gasteiger partial charge in [0.1, 0.15) is 26.4 Å². The van der Waals surface area contributed by atoms with E-state index in [1.165, 1.54) is 0 Å². The third kappa shape index (κ3) is 24.5. The van der Waals surface area contributed by atoms with E-state index >= 15 is 0 Å². The Morgan fingerprint density at radius 2 is 0.450 bits per heavy atom. The maximum absolute atomic E-state index is 5.63. The predicted molar refractivity (Wildman–Crippen MR) is 344 cm³/mol. The van der Waals surface area contributed by atoms with Gasteiger partial charge in [0.25, 0.3) is 6.71 Å². The first-order chi connectivity index (χ1) is 37.8. The zero-order chi connectivity index (χ0) is 56.1. The summed E-state index contributed by atoms with van der Waals surface area (Å²) < 4.78 is 54.8. The molecule has 0 spiro atoms. The van der Waals surface area contributed by atoms with Crippen LogP contribution in [0.1, 0.15) is 83.1 Å². The maximum atomic E-state index is 5.63. The molecule has 5 aromatic rings. The molecule has 16 heteroatoms. The molecule has 0 fully saturated rings. The van der Waals surface area contributed by atoms with Crippen molar-refractivity contribution in [2.45, 2.75) is 117 Å². The van der Waals surface area contributed by atoms with Gasteiger partial charge >= 0.3 is 0 Å². The summed E-state index contributed by atoms with van der Waals surface area (Å²) in [4.78, 5) is 0. The fourth-order valence-electron chi connectivity index (χ4n) is 10.7. The Kier molecular flexibility index (Phi) is 37.9. The van der Waals surface area contributed by atoms with Crippen LogP contribution in [-0.2, 0) is 45.5 Å². The second kappa shape index (κ2) is 41.6. The minimum absolute atomic E-state index is 0. The molecule has 0 saturated heterocycles. The number of rotatable bonds is 12. The third-order valence-electron chi connectivity index (χ3n) is 13.6. The quantitative estimate of drug-likeness (QED) is 0.0889. The van der Waals surface area contributed by atoms with Crippen molar-refractivity contribution in [3.8, 4) is 23.0 Å². The van der Waals surface area contributed by atoms with Crippen molar-refractivity contribution in [1.29, 1.82) is 0 Å². The Balaban J connectivity index is 0.000000350. The van der Waals surface area contributed by atoms with Crippen molar-refractivity contribution < 1.29 is 64.4 Å². The minimum Gasteiger partial charge on any atom is -0.487 e. The number of benzene rings is 5. The first-order valence-corrected chi connectivity index (χ1v) is 33.8. The maximum Gasteiger partial charge on any atom is 0.256 e. The third-order valence-corrected chi connectivity index (χ3v) is 24.3. The van der Waals surface area contributed by atoms with Gasteiger partial charge in [0.05, 0.1) is 129 Å². The van der Waals surface area contributed by atoms with E-state index in [1.807, 2.05) is 48.5 Å². The van der Waals surface area contributed by atoms with Crippen molar-refractivity contribution in [3.63, 3.8) is 0 Å². The molecule has 0 unspecified atom stereocenters. The summed E-state index contributed by atoms with van der Waals surface area (Å²) in [6.07, 6.45) is 0. The smallest absolute Gasteiger partial charge is 0.256 e. The second-order valence-electron chi connectivity index (χ2n) is 21.5. The molecule has 0 N–H and O–H groups in total. The van der Waals surface area contributed by atoms with Gasteiger partial charge in [-0.25, -0.2) is 0 Å². The largest absolute Gasteiger partial charge is 0.487 e. The second-order valence-corrected chi connectivity index (χ2v) is 32.7. The number of para-hydroxylation sites is 4. The Morgan fingerprint density at radius 3 is 0.650 bits per heavy atom. The molecule has 10 nitrogen and oxygen atoms in total. The summed E-state index contributed by atoms with van der Waals surface area (Å²) in [6.45, 7) is 38.5. The van der Waals surface area contributed by atoms with Gasteiger partial charge in [-0.2, -0.15) is 0 Å². The fraction of sp³-hybridized carbons (Fsp3) is 0.531. The summed E-state index contributed by atoms with van der Waals surface area (Å²) in [6, 6.07) is 44.0. The normalized spacial score (nSPS) is 15.4. The molecule has 440 valence electrons. The van der Waals surface area contributed by atoms with Crippen LogP contribution in [0.15, 0.2) is 121 Å². The number of hydrogen-bond donors (Lipinski definition) is 0. The SMILES string of the molecule is CC(C)[PH+](c1ccccc1B(c1ccccc1[PH+](C(C)C)C(C)C)c1ccccc1[PH+](C(C)C)C(C)C)C(C)C.[Cu].[K].c1ccc2c(c1)OCCOCCOCCOCCO2.c1ccc2c(c1)OCCOCCOCCOCCO2. The van der Waals surface area contributed by atoms with E-state index in [4.69, 9.17) is 47.4 Å². The van der Waals surface area contributed by atoms with Gasteiger partial charge in [-0.15, -0.1) is 0 Å². The van der Waals surface area contributed by atoms with Crippen LogP contribution in [0.25, 0.3) is 0 Å². The monoisotopic (exact) mass is 1230 g/mol. The molecule has 2 heterocycles. The van der Waals surface area contributed by atoms with Gasteiger partial charge in [0, 0.05) is 92.2 Å². The van der Waals surface area contributed by atoms with E-state index in [1.54, 1.807) is 32.3 Å². The zero-order valence-electron chi connectivity index (χ0n) is 50.8. The summed E-state index contributed by atoms with van der Waals surface area (Å²) in [5.41, 5.74) is 8.85. The van der Waals surface area contributed by atoms with Crippen molar-refractivity contribution in [2.75, 3.05) is 106 Å². The van der Waals surface area contributed by atoms with E-state index in [0.717, 1.165) is 23.0 Å². The standard InChI is InChI=1S/C36H54BP3.2C14H20O5.Cu.K/c1-25(2)38(26(3)4)34-22-16-13-19-31(34)37(32-20-14-17-23-35(32)39(27(5)6)28(7)8)33-21-15-18-24-36(33)40(29(9)10)30(11)12;2*1-2-4-14-13(3-1)18-11-9-16-7-5-15-6-8-17-10-12-19-14;;/h13-30H,1-12H3;2*1-4H,5-12H2;;/p+3. The molecular formula is C64H97BCuKO10P3+3. The molecule has 2 aliphatic rings. The van der Waals surface area contributed by atoms with Crippen LogP contribution in [-0.4, -0.2) is 198 Å². The summed E-state index contributed by atoms with van der Waals surface area (Å²) >= 11 is 0. The zero-order valence-corrected chi connectivity index (χ0v) is 57.9. The Bertz CT molecular complexity index is 2110. The summed E-state index contributed by atoms with van der Waals surface area (Å²) in [5, 5.41) is 4.95. The van der Waals surface area contributed by atoms with Crippen LogP contribution in [0.5, 0.6) is 23.0 Å². The molecule has 2 aliphatic heterocycles. The average molecular weight is 1230 g/mol. The Morgan fingerprint density at radius 1 is 0.275 bits per heavy atom. The van der Waals surface area contributed by atoms with E-state index in [0.29, 0.717) is 140 Å². The summed E-state index contributed by atoms with van der Waals surface area (Å²) in [5.74, 6) is 2.93.